The summed E-state index contributed by atoms with van der Waals surface area (Å²) >= 11 is 0. The minimum atomic E-state index is -3.78. The molecule has 0 aliphatic carbocycles. The molecule has 150 valence electrons. The Morgan fingerprint density at radius 1 is 1.07 bits per heavy atom. The Kier molecular flexibility index (Phi) is 6.00. The van der Waals surface area contributed by atoms with E-state index in [1.807, 2.05) is 6.92 Å². The molecule has 1 unspecified atom stereocenters. The van der Waals surface area contributed by atoms with Gasteiger partial charge in [0.05, 0.1) is 15.9 Å². The van der Waals surface area contributed by atoms with Crippen molar-refractivity contribution in [1.29, 1.82) is 0 Å². The van der Waals surface area contributed by atoms with Gasteiger partial charge >= 0.3 is 0 Å². The molecule has 1 fully saturated rings. The molecule has 1 saturated heterocycles. The minimum Gasteiger partial charge on any atom is -0.372 e. The molecule has 8 heteroatoms. The maximum Gasteiger partial charge on any atom is 0.297 e. The average Bonchev–Trinajstić information content (AvgIpc) is 2.68. The molecule has 2 aromatic carbocycles. The van der Waals surface area contributed by atoms with Crippen LogP contribution >= 0.6 is 0 Å². The number of rotatable bonds is 6. The van der Waals surface area contributed by atoms with Gasteiger partial charge in [-0.05, 0) is 56.9 Å². The summed E-state index contributed by atoms with van der Waals surface area (Å²) in [5.41, 5.74) is 2.00. The molecule has 1 aliphatic heterocycles. The Labute approximate surface area is 165 Å². The lowest BCUT2D eigenvalue weighted by Gasteiger charge is -2.35. The fourth-order valence-corrected chi connectivity index (χ4v) is 4.59. The number of hydrogen-bond donors (Lipinski definition) is 0. The van der Waals surface area contributed by atoms with Crippen molar-refractivity contribution in [2.75, 3.05) is 18.0 Å². The van der Waals surface area contributed by atoms with E-state index in [4.69, 9.17) is 4.18 Å². The van der Waals surface area contributed by atoms with Crippen molar-refractivity contribution < 1.29 is 17.5 Å². The zero-order chi connectivity index (χ0) is 20.3. The van der Waals surface area contributed by atoms with Gasteiger partial charge in [-0.3, -0.25) is 14.3 Å². The lowest BCUT2D eigenvalue weighted by Crippen LogP contribution is -2.38. The van der Waals surface area contributed by atoms with Crippen LogP contribution in [0.4, 0.5) is 11.4 Å². The lowest BCUT2D eigenvalue weighted by molar-refractivity contribution is -0.384. The monoisotopic (exact) mass is 404 g/mol. The van der Waals surface area contributed by atoms with Gasteiger partial charge in [0.25, 0.3) is 15.8 Å². The van der Waals surface area contributed by atoms with Crippen LogP contribution in [0.25, 0.3) is 0 Å². The Morgan fingerprint density at radius 3 is 2.18 bits per heavy atom. The maximum absolute atomic E-state index is 12.5. The Bertz CT molecular complexity index is 918. The topological polar surface area (TPSA) is 89.8 Å². The van der Waals surface area contributed by atoms with Crippen LogP contribution in [0, 0.1) is 23.0 Å². The highest BCUT2D eigenvalue weighted by Crippen LogP contribution is 2.29. The fraction of sp³-hybridized carbons (Fsp3) is 0.400. The van der Waals surface area contributed by atoms with Crippen LogP contribution in [0.2, 0.25) is 0 Å². The highest BCUT2D eigenvalue weighted by Gasteiger charge is 2.29. The molecule has 0 saturated carbocycles. The Balaban J connectivity index is 1.58. The van der Waals surface area contributed by atoms with Crippen LogP contribution in [0.15, 0.2) is 53.4 Å². The van der Waals surface area contributed by atoms with E-state index >= 15 is 0 Å². The van der Waals surface area contributed by atoms with Crippen LogP contribution in [0.1, 0.15) is 25.3 Å². The SMILES string of the molecule is Cc1ccc(S(=O)(=O)OC(C)C2CCN(c3ccc([N+](=O)[O-])cc3)CC2)cc1. The first kappa shape index (κ1) is 20.3. The number of hydrogen-bond acceptors (Lipinski definition) is 6. The second kappa shape index (κ2) is 8.28. The summed E-state index contributed by atoms with van der Waals surface area (Å²) in [6.45, 7) is 5.21. The smallest absolute Gasteiger partial charge is 0.297 e. The van der Waals surface area contributed by atoms with Crippen LogP contribution in [0.3, 0.4) is 0 Å². The van der Waals surface area contributed by atoms with Crippen molar-refractivity contribution in [2.45, 2.75) is 37.7 Å². The van der Waals surface area contributed by atoms with E-state index in [0.717, 1.165) is 37.2 Å². The highest BCUT2D eigenvalue weighted by atomic mass is 32.2. The van der Waals surface area contributed by atoms with Gasteiger partial charge < -0.3 is 4.90 Å². The number of anilines is 1. The second-order valence-electron chi connectivity index (χ2n) is 7.17. The molecule has 1 atom stereocenters. The molecular weight excluding hydrogens is 380 g/mol. The van der Waals surface area contributed by atoms with Crippen molar-refractivity contribution in [1.82, 2.24) is 0 Å². The van der Waals surface area contributed by atoms with E-state index in [-0.39, 0.29) is 16.5 Å². The Hall–Kier alpha value is -2.45. The van der Waals surface area contributed by atoms with Gasteiger partial charge in [0, 0.05) is 30.9 Å². The number of benzene rings is 2. The first-order chi connectivity index (χ1) is 13.3. The summed E-state index contributed by atoms with van der Waals surface area (Å²) in [6, 6.07) is 13.1. The number of piperidine rings is 1. The molecule has 0 spiro atoms. The normalized spacial score (nSPS) is 16.7. The predicted molar refractivity (Wildman–Crippen MR) is 107 cm³/mol. The summed E-state index contributed by atoms with van der Waals surface area (Å²) < 4.78 is 30.4. The number of nitrogens with zero attached hydrogens (tertiary/aromatic N) is 2. The fourth-order valence-electron chi connectivity index (χ4n) is 3.45. The zero-order valence-electron chi connectivity index (χ0n) is 15.9. The number of aryl methyl sites for hydroxylation is 1. The van der Waals surface area contributed by atoms with Crippen molar-refractivity contribution in [3.05, 3.63) is 64.2 Å². The third-order valence-electron chi connectivity index (χ3n) is 5.22. The van der Waals surface area contributed by atoms with Crippen LogP contribution in [-0.4, -0.2) is 32.5 Å². The second-order valence-corrected chi connectivity index (χ2v) is 8.74. The largest absolute Gasteiger partial charge is 0.372 e. The van der Waals surface area contributed by atoms with E-state index in [1.54, 1.807) is 43.3 Å². The third kappa shape index (κ3) is 4.69. The molecule has 2 aromatic rings. The van der Waals surface area contributed by atoms with Gasteiger partial charge in [-0.1, -0.05) is 17.7 Å². The van der Waals surface area contributed by atoms with Gasteiger partial charge in [-0.15, -0.1) is 0 Å². The summed E-state index contributed by atoms with van der Waals surface area (Å²) in [5.74, 6) is 0.134. The molecule has 0 amide bonds. The zero-order valence-corrected chi connectivity index (χ0v) is 16.8. The summed E-state index contributed by atoms with van der Waals surface area (Å²) in [4.78, 5) is 12.7. The quantitative estimate of drug-likeness (QED) is 0.412. The molecule has 1 heterocycles. The number of nitro benzene ring substituents is 1. The van der Waals surface area contributed by atoms with Crippen LogP contribution in [-0.2, 0) is 14.3 Å². The Morgan fingerprint density at radius 2 is 1.64 bits per heavy atom. The average molecular weight is 404 g/mol. The van der Waals surface area contributed by atoms with Crippen molar-refractivity contribution >= 4 is 21.5 Å². The summed E-state index contributed by atoms with van der Waals surface area (Å²) in [7, 11) is -3.78. The van der Waals surface area contributed by atoms with E-state index in [9.17, 15) is 18.5 Å². The summed E-state index contributed by atoms with van der Waals surface area (Å²) in [6.07, 6.45) is 1.17. The van der Waals surface area contributed by atoms with Gasteiger partial charge in [-0.25, -0.2) is 0 Å². The van der Waals surface area contributed by atoms with Crippen molar-refractivity contribution in [3.8, 4) is 0 Å². The van der Waals surface area contributed by atoms with Gasteiger partial charge in [0.2, 0.25) is 0 Å². The molecule has 0 radical (unpaired) electrons. The maximum atomic E-state index is 12.5. The van der Waals surface area contributed by atoms with E-state index in [1.165, 1.54) is 12.1 Å². The number of nitro groups is 1. The molecule has 0 aromatic heterocycles. The van der Waals surface area contributed by atoms with Crippen LogP contribution in [0.5, 0.6) is 0 Å². The number of non-ortho nitro benzene ring substituents is 1. The molecule has 0 N–H and O–H groups in total. The summed E-state index contributed by atoms with van der Waals surface area (Å²) in [5, 5.41) is 10.8. The first-order valence-corrected chi connectivity index (χ1v) is 10.7. The van der Waals surface area contributed by atoms with E-state index in [2.05, 4.69) is 4.90 Å². The first-order valence-electron chi connectivity index (χ1n) is 9.25. The minimum absolute atomic E-state index is 0.0713. The van der Waals surface area contributed by atoms with Crippen molar-refractivity contribution in [2.24, 2.45) is 5.92 Å². The third-order valence-corrected chi connectivity index (χ3v) is 6.62. The molecule has 0 bridgehead atoms. The van der Waals surface area contributed by atoms with Gasteiger partial charge in [0.15, 0.2) is 0 Å². The van der Waals surface area contributed by atoms with Gasteiger partial charge in [-0.2, -0.15) is 8.42 Å². The lowest BCUT2D eigenvalue weighted by atomic mass is 9.92. The molecule has 3 rings (SSSR count). The van der Waals surface area contributed by atoms with Crippen LogP contribution < -0.4 is 4.90 Å². The van der Waals surface area contributed by atoms with Crippen molar-refractivity contribution in [3.63, 3.8) is 0 Å². The molecular formula is C20H24N2O5S. The van der Waals surface area contributed by atoms with E-state index < -0.39 is 21.1 Å². The highest BCUT2D eigenvalue weighted by molar-refractivity contribution is 7.86. The van der Waals surface area contributed by atoms with Gasteiger partial charge in [0.1, 0.15) is 0 Å². The molecule has 28 heavy (non-hydrogen) atoms. The standard InChI is InChI=1S/C20H24N2O5S/c1-15-3-9-20(10-4-15)28(25,26)27-16(2)17-11-13-21(14-12-17)18-5-7-19(8-6-18)22(23)24/h3-10,16-17H,11-14H2,1-2H3. The molecule has 7 nitrogen and oxygen atoms in total. The van der Waals surface area contributed by atoms with E-state index in [0.29, 0.717) is 0 Å². The predicted octanol–water partition coefficient (Wildman–Crippen LogP) is 3.91. The molecule has 1 aliphatic rings.